The lowest BCUT2D eigenvalue weighted by Crippen LogP contribution is -2.15. The van der Waals surface area contributed by atoms with Gasteiger partial charge in [0, 0.05) is 24.5 Å². The topological polar surface area (TPSA) is 120 Å². The molecule has 0 aliphatic heterocycles. The molecule has 0 spiro atoms. The average Bonchev–Trinajstić information content (AvgIpc) is 3.21. The second-order valence-corrected chi connectivity index (χ2v) is 9.94. The molecule has 4 aromatic rings. The SMILES string of the molecule is Cc1ccc(S(=O)(=O)n2cc(CCOC(F)(F)F)c3c(Oc4c(F)cc(NC(=O)O)cc4F)ccnc32)cc1. The molecule has 0 radical (unpaired) electrons. The number of amides is 1. The van der Waals surface area contributed by atoms with E-state index < -0.39 is 58.6 Å². The number of rotatable bonds is 8. The van der Waals surface area contributed by atoms with Crippen molar-refractivity contribution in [3.05, 3.63) is 77.6 Å². The van der Waals surface area contributed by atoms with Crippen molar-refractivity contribution < 1.29 is 49.7 Å². The molecule has 0 saturated heterocycles. The van der Waals surface area contributed by atoms with Gasteiger partial charge in [0.1, 0.15) is 5.75 Å². The predicted octanol–water partition coefficient (Wildman–Crippen LogP) is 5.82. The van der Waals surface area contributed by atoms with E-state index in [1.165, 1.54) is 12.1 Å². The van der Waals surface area contributed by atoms with Gasteiger partial charge >= 0.3 is 12.5 Å². The number of hydrogen-bond donors (Lipinski definition) is 2. The van der Waals surface area contributed by atoms with Crippen LogP contribution < -0.4 is 10.1 Å². The standard InChI is InChI=1S/C24H18F5N3O6S/c1-13-2-4-16(5-3-13)39(35,36)32-12-14(7-9-37-24(27,28)29)20-19(6-8-30-22(20)32)38-21-17(25)10-15(11-18(21)26)31-23(33)34/h2-6,8,10-12,31H,7,9H2,1H3,(H,33,34). The fraction of sp³-hybridized carbons (Fsp3) is 0.167. The summed E-state index contributed by atoms with van der Waals surface area (Å²) >= 11 is 0. The van der Waals surface area contributed by atoms with Gasteiger partial charge in [-0.25, -0.2) is 30.9 Å². The van der Waals surface area contributed by atoms with Gasteiger partial charge in [0.15, 0.2) is 23.0 Å². The minimum absolute atomic E-state index is 0.0296. The number of hydrogen-bond acceptors (Lipinski definition) is 6. The molecular weight excluding hydrogens is 553 g/mol. The van der Waals surface area contributed by atoms with Crippen LogP contribution in [0.4, 0.5) is 32.4 Å². The number of pyridine rings is 1. The minimum Gasteiger partial charge on any atom is -0.465 e. The number of ether oxygens (including phenoxy) is 2. The number of aromatic nitrogens is 2. The fourth-order valence-corrected chi connectivity index (χ4v) is 5.03. The van der Waals surface area contributed by atoms with E-state index in [2.05, 4.69) is 9.72 Å². The van der Waals surface area contributed by atoms with Gasteiger partial charge in [-0.1, -0.05) is 17.7 Å². The summed E-state index contributed by atoms with van der Waals surface area (Å²) < 4.78 is 104. The first kappa shape index (κ1) is 27.8. The summed E-state index contributed by atoms with van der Waals surface area (Å²) in [5.41, 5.74) is 0.0434. The lowest BCUT2D eigenvalue weighted by atomic mass is 10.1. The third kappa shape index (κ3) is 6.09. The number of carboxylic acid groups (broad SMARTS) is 1. The Kier molecular flexibility index (Phi) is 7.48. The van der Waals surface area contributed by atoms with E-state index in [-0.39, 0.29) is 27.2 Å². The van der Waals surface area contributed by atoms with Crippen LogP contribution in [0.1, 0.15) is 11.1 Å². The number of aryl methyl sites for hydroxylation is 1. The van der Waals surface area contributed by atoms with E-state index in [0.29, 0.717) is 12.1 Å². The minimum atomic E-state index is -4.96. The average molecular weight is 571 g/mol. The molecule has 0 fully saturated rings. The number of benzene rings is 2. The molecule has 2 aromatic heterocycles. The van der Waals surface area contributed by atoms with E-state index in [9.17, 15) is 35.2 Å². The first-order valence-electron chi connectivity index (χ1n) is 10.9. The van der Waals surface area contributed by atoms with Crippen LogP contribution in [0.3, 0.4) is 0 Å². The number of alkyl halides is 3. The van der Waals surface area contributed by atoms with Gasteiger partial charge in [0.25, 0.3) is 10.0 Å². The van der Waals surface area contributed by atoms with E-state index in [0.717, 1.165) is 28.0 Å². The fourth-order valence-electron chi connectivity index (χ4n) is 3.69. The normalized spacial score (nSPS) is 12.1. The molecule has 0 atom stereocenters. The quantitative estimate of drug-likeness (QED) is 0.256. The van der Waals surface area contributed by atoms with Crippen molar-refractivity contribution in [1.29, 1.82) is 0 Å². The zero-order chi connectivity index (χ0) is 28.5. The smallest absolute Gasteiger partial charge is 0.465 e. The maximum absolute atomic E-state index is 14.7. The van der Waals surface area contributed by atoms with E-state index in [4.69, 9.17) is 9.84 Å². The Balaban J connectivity index is 1.84. The van der Waals surface area contributed by atoms with Crippen LogP contribution in [0, 0.1) is 18.6 Å². The predicted molar refractivity (Wildman–Crippen MR) is 127 cm³/mol. The summed E-state index contributed by atoms with van der Waals surface area (Å²) in [7, 11) is -4.31. The number of fused-ring (bicyclic) bond motifs is 1. The molecule has 0 aliphatic rings. The monoisotopic (exact) mass is 571 g/mol. The summed E-state index contributed by atoms with van der Waals surface area (Å²) in [5.74, 6) is -3.91. The summed E-state index contributed by atoms with van der Waals surface area (Å²) in [6.45, 7) is 0.841. The van der Waals surface area contributed by atoms with E-state index in [1.807, 2.05) is 0 Å². The molecule has 0 saturated carbocycles. The van der Waals surface area contributed by atoms with Gasteiger partial charge in [0.05, 0.1) is 22.6 Å². The third-order valence-corrected chi connectivity index (χ3v) is 7.04. The maximum Gasteiger partial charge on any atom is 0.522 e. The van der Waals surface area contributed by atoms with Crippen LogP contribution in [0.25, 0.3) is 11.0 Å². The first-order chi connectivity index (χ1) is 18.3. The Morgan fingerprint density at radius 2 is 1.74 bits per heavy atom. The highest BCUT2D eigenvalue weighted by Crippen LogP contribution is 2.37. The second kappa shape index (κ2) is 10.5. The van der Waals surface area contributed by atoms with Gasteiger partial charge in [-0.2, -0.15) is 0 Å². The number of nitrogens with zero attached hydrogens (tertiary/aromatic N) is 2. The van der Waals surface area contributed by atoms with Crippen molar-refractivity contribution in [2.75, 3.05) is 11.9 Å². The molecule has 2 aromatic carbocycles. The van der Waals surface area contributed by atoms with Crippen molar-refractivity contribution in [2.45, 2.75) is 24.6 Å². The molecule has 9 nitrogen and oxygen atoms in total. The highest BCUT2D eigenvalue weighted by molar-refractivity contribution is 7.90. The maximum atomic E-state index is 14.7. The van der Waals surface area contributed by atoms with Crippen molar-refractivity contribution in [3.63, 3.8) is 0 Å². The van der Waals surface area contributed by atoms with Gasteiger partial charge in [-0.3, -0.25) is 10.1 Å². The molecule has 0 aliphatic carbocycles. The molecule has 1 amide bonds. The molecule has 4 rings (SSSR count). The lowest BCUT2D eigenvalue weighted by molar-refractivity contribution is -0.324. The summed E-state index contributed by atoms with van der Waals surface area (Å²) in [5, 5.41) is 10.4. The molecule has 2 heterocycles. The van der Waals surface area contributed by atoms with Crippen LogP contribution in [-0.2, 0) is 21.2 Å². The van der Waals surface area contributed by atoms with Crippen LogP contribution in [-0.4, -0.2) is 41.5 Å². The molecule has 206 valence electrons. The first-order valence-corrected chi connectivity index (χ1v) is 12.4. The molecule has 0 unspecified atom stereocenters. The molecular formula is C24H18F5N3O6S. The Labute approximate surface area is 217 Å². The highest BCUT2D eigenvalue weighted by atomic mass is 32.2. The van der Waals surface area contributed by atoms with Gasteiger partial charge in [-0.15, -0.1) is 13.2 Å². The number of nitrogens with one attached hydrogen (secondary N) is 1. The molecule has 0 bridgehead atoms. The van der Waals surface area contributed by atoms with Gasteiger partial charge in [-0.05, 0) is 37.1 Å². The van der Waals surface area contributed by atoms with Gasteiger partial charge in [0.2, 0.25) is 0 Å². The Bertz CT molecular complexity index is 1630. The van der Waals surface area contributed by atoms with Crippen LogP contribution in [0.15, 0.2) is 59.8 Å². The Hall–Kier alpha value is -4.24. The Morgan fingerprint density at radius 1 is 1.10 bits per heavy atom. The number of halogens is 5. The molecule has 15 heteroatoms. The van der Waals surface area contributed by atoms with E-state index >= 15 is 0 Å². The summed E-state index contributed by atoms with van der Waals surface area (Å²) in [6, 6.07) is 8.20. The number of anilines is 1. The van der Waals surface area contributed by atoms with E-state index in [1.54, 1.807) is 24.4 Å². The zero-order valence-corrected chi connectivity index (χ0v) is 20.6. The third-order valence-electron chi connectivity index (χ3n) is 5.37. The zero-order valence-electron chi connectivity index (χ0n) is 19.8. The van der Waals surface area contributed by atoms with Crippen molar-refractivity contribution in [3.8, 4) is 11.5 Å². The molecule has 2 N–H and O–H groups in total. The largest absolute Gasteiger partial charge is 0.522 e. The van der Waals surface area contributed by atoms with Gasteiger partial charge < -0.3 is 9.84 Å². The number of carbonyl (C=O) groups is 1. The van der Waals surface area contributed by atoms with Crippen molar-refractivity contribution in [2.24, 2.45) is 0 Å². The summed E-state index contributed by atoms with van der Waals surface area (Å²) in [4.78, 5) is 14.7. The highest BCUT2D eigenvalue weighted by Gasteiger charge is 2.30. The second-order valence-electron chi connectivity index (χ2n) is 8.12. The molecule has 39 heavy (non-hydrogen) atoms. The van der Waals surface area contributed by atoms with Crippen molar-refractivity contribution >= 4 is 32.8 Å². The lowest BCUT2D eigenvalue weighted by Gasteiger charge is -2.12. The van der Waals surface area contributed by atoms with Crippen LogP contribution in [0.5, 0.6) is 11.5 Å². The summed E-state index contributed by atoms with van der Waals surface area (Å²) in [6.07, 6.45) is -4.87. The van der Waals surface area contributed by atoms with Crippen molar-refractivity contribution in [1.82, 2.24) is 8.96 Å². The van der Waals surface area contributed by atoms with Crippen LogP contribution in [0.2, 0.25) is 0 Å². The Morgan fingerprint density at radius 3 is 2.33 bits per heavy atom. The van der Waals surface area contributed by atoms with Crippen LogP contribution >= 0.6 is 0 Å².